The summed E-state index contributed by atoms with van der Waals surface area (Å²) in [6.45, 7) is 3.86. The lowest BCUT2D eigenvalue weighted by Crippen LogP contribution is -2.20. The Morgan fingerprint density at radius 1 is 1.19 bits per heavy atom. The van der Waals surface area contributed by atoms with E-state index < -0.39 is 0 Å². The quantitative estimate of drug-likeness (QED) is 0.717. The summed E-state index contributed by atoms with van der Waals surface area (Å²) in [5.41, 5.74) is 2.42. The van der Waals surface area contributed by atoms with Crippen LogP contribution in [0.3, 0.4) is 0 Å². The number of rotatable bonds is 4. The standard InChI is InChI=1S/C19H19ClN6O/c1-12-13(11-21-19(22-12)26-8-4-5-9-26)16-10-17(27)25-18(24-16)23-15-7-3-2-6-14(15)20/h2-3,6-7,10-11H,4-5,8-9H2,1H3,(H2,23,24,25,27). The zero-order chi connectivity index (χ0) is 18.8. The van der Waals surface area contributed by atoms with Crippen molar-refractivity contribution in [2.24, 2.45) is 0 Å². The molecule has 1 saturated heterocycles. The summed E-state index contributed by atoms with van der Waals surface area (Å²) < 4.78 is 0. The highest BCUT2D eigenvalue weighted by Gasteiger charge is 2.17. The van der Waals surface area contributed by atoms with Crippen LogP contribution < -0.4 is 15.8 Å². The number of nitrogens with one attached hydrogen (secondary N) is 2. The van der Waals surface area contributed by atoms with Gasteiger partial charge in [-0.15, -0.1) is 0 Å². The largest absolute Gasteiger partial charge is 0.341 e. The van der Waals surface area contributed by atoms with Crippen molar-refractivity contribution in [1.29, 1.82) is 0 Å². The third kappa shape index (κ3) is 3.78. The third-order valence-corrected chi connectivity index (χ3v) is 4.83. The van der Waals surface area contributed by atoms with Gasteiger partial charge >= 0.3 is 0 Å². The minimum Gasteiger partial charge on any atom is -0.341 e. The fraction of sp³-hybridized carbons (Fsp3) is 0.263. The van der Waals surface area contributed by atoms with Gasteiger partial charge < -0.3 is 10.2 Å². The second-order valence-electron chi connectivity index (χ2n) is 6.45. The average molecular weight is 383 g/mol. The fourth-order valence-corrected chi connectivity index (χ4v) is 3.30. The van der Waals surface area contributed by atoms with E-state index >= 15 is 0 Å². The van der Waals surface area contributed by atoms with E-state index in [2.05, 4.69) is 30.2 Å². The Hall–Kier alpha value is -2.93. The molecule has 1 aliphatic heterocycles. The number of aromatic nitrogens is 4. The van der Waals surface area contributed by atoms with Crippen LogP contribution in [0.5, 0.6) is 0 Å². The van der Waals surface area contributed by atoms with E-state index in [9.17, 15) is 4.79 Å². The van der Waals surface area contributed by atoms with Gasteiger partial charge in [-0.05, 0) is 31.9 Å². The number of nitrogens with zero attached hydrogens (tertiary/aromatic N) is 4. The molecule has 2 N–H and O–H groups in total. The molecule has 2 aromatic heterocycles. The van der Waals surface area contributed by atoms with Crippen molar-refractivity contribution in [3.8, 4) is 11.3 Å². The fourth-order valence-electron chi connectivity index (χ4n) is 3.12. The van der Waals surface area contributed by atoms with Gasteiger partial charge in [-0.2, -0.15) is 0 Å². The first kappa shape index (κ1) is 17.5. The first-order valence-electron chi connectivity index (χ1n) is 8.82. The van der Waals surface area contributed by atoms with E-state index in [4.69, 9.17) is 11.6 Å². The number of hydrogen-bond acceptors (Lipinski definition) is 6. The Bertz CT molecular complexity index is 1030. The summed E-state index contributed by atoms with van der Waals surface area (Å²) in [7, 11) is 0. The van der Waals surface area contributed by atoms with Crippen molar-refractivity contribution in [1.82, 2.24) is 19.9 Å². The van der Waals surface area contributed by atoms with E-state index in [1.54, 1.807) is 12.3 Å². The Labute approximate surface area is 161 Å². The molecule has 0 unspecified atom stereocenters. The third-order valence-electron chi connectivity index (χ3n) is 4.50. The topological polar surface area (TPSA) is 86.8 Å². The van der Waals surface area contributed by atoms with Crippen LogP contribution in [0, 0.1) is 6.92 Å². The van der Waals surface area contributed by atoms with Crippen LogP contribution in [-0.4, -0.2) is 33.0 Å². The lowest BCUT2D eigenvalue weighted by atomic mass is 10.2. The van der Waals surface area contributed by atoms with Gasteiger partial charge in [-0.25, -0.2) is 15.0 Å². The molecule has 3 aromatic rings. The van der Waals surface area contributed by atoms with Gasteiger partial charge in [0.25, 0.3) is 5.56 Å². The van der Waals surface area contributed by atoms with E-state index in [1.165, 1.54) is 6.07 Å². The van der Waals surface area contributed by atoms with Crippen LogP contribution in [0.4, 0.5) is 17.6 Å². The maximum absolute atomic E-state index is 12.1. The molecular weight excluding hydrogens is 364 g/mol. The molecule has 1 aromatic carbocycles. The molecule has 0 radical (unpaired) electrons. The summed E-state index contributed by atoms with van der Waals surface area (Å²) in [6, 6.07) is 8.71. The van der Waals surface area contributed by atoms with Gasteiger partial charge in [0.1, 0.15) is 0 Å². The van der Waals surface area contributed by atoms with E-state index in [0.717, 1.165) is 43.1 Å². The molecule has 1 fully saturated rings. The van der Waals surface area contributed by atoms with Crippen molar-refractivity contribution in [3.05, 3.63) is 57.6 Å². The highest BCUT2D eigenvalue weighted by atomic mass is 35.5. The summed E-state index contributed by atoms with van der Waals surface area (Å²) in [5.74, 6) is 1.04. The zero-order valence-corrected chi connectivity index (χ0v) is 15.6. The molecule has 4 rings (SSSR count). The lowest BCUT2D eigenvalue weighted by molar-refractivity contribution is 0.889. The summed E-state index contributed by atoms with van der Waals surface area (Å²) in [6.07, 6.45) is 4.06. The normalized spacial score (nSPS) is 13.8. The smallest absolute Gasteiger partial charge is 0.252 e. The summed E-state index contributed by atoms with van der Waals surface area (Å²) >= 11 is 6.17. The molecule has 1 aliphatic rings. The Balaban J connectivity index is 1.67. The molecule has 0 saturated carbocycles. The number of benzene rings is 1. The number of anilines is 3. The Morgan fingerprint density at radius 2 is 1.96 bits per heavy atom. The van der Waals surface area contributed by atoms with Crippen LogP contribution in [-0.2, 0) is 0 Å². The number of hydrogen-bond donors (Lipinski definition) is 2. The number of H-pyrrole nitrogens is 1. The minimum absolute atomic E-state index is 0.266. The summed E-state index contributed by atoms with van der Waals surface area (Å²) in [4.78, 5) is 30.6. The Kier molecular flexibility index (Phi) is 4.77. The lowest BCUT2D eigenvalue weighted by Gasteiger charge is -2.16. The maximum Gasteiger partial charge on any atom is 0.252 e. The number of para-hydroxylation sites is 1. The van der Waals surface area contributed by atoms with Crippen LogP contribution in [0.15, 0.2) is 41.3 Å². The van der Waals surface area contributed by atoms with Crippen LogP contribution in [0.1, 0.15) is 18.5 Å². The van der Waals surface area contributed by atoms with Crippen molar-refractivity contribution in [2.75, 3.05) is 23.3 Å². The number of halogens is 1. The second-order valence-corrected chi connectivity index (χ2v) is 6.85. The predicted molar refractivity (Wildman–Crippen MR) is 107 cm³/mol. The van der Waals surface area contributed by atoms with Gasteiger partial charge in [0.15, 0.2) is 0 Å². The molecule has 0 aliphatic carbocycles. The average Bonchev–Trinajstić information content (AvgIpc) is 3.18. The molecule has 7 nitrogen and oxygen atoms in total. The molecule has 27 heavy (non-hydrogen) atoms. The van der Waals surface area contributed by atoms with Crippen LogP contribution >= 0.6 is 11.6 Å². The molecule has 8 heteroatoms. The van der Waals surface area contributed by atoms with Gasteiger partial charge in [-0.3, -0.25) is 9.78 Å². The van der Waals surface area contributed by atoms with Gasteiger partial charge in [0.05, 0.1) is 22.1 Å². The van der Waals surface area contributed by atoms with Crippen LogP contribution in [0.2, 0.25) is 5.02 Å². The predicted octanol–water partition coefficient (Wildman–Crippen LogP) is 3.53. The molecule has 0 spiro atoms. The van der Waals surface area contributed by atoms with E-state index in [0.29, 0.717) is 22.4 Å². The molecule has 138 valence electrons. The maximum atomic E-state index is 12.1. The van der Waals surface area contributed by atoms with Crippen LogP contribution in [0.25, 0.3) is 11.3 Å². The molecule has 0 bridgehead atoms. The summed E-state index contributed by atoms with van der Waals surface area (Å²) in [5, 5.41) is 3.59. The molecule has 0 atom stereocenters. The van der Waals surface area contributed by atoms with Gasteiger partial charge in [0, 0.05) is 30.9 Å². The Morgan fingerprint density at radius 3 is 2.70 bits per heavy atom. The SMILES string of the molecule is Cc1nc(N2CCCC2)ncc1-c1cc(=O)[nH]c(Nc2ccccc2Cl)n1. The number of aromatic amines is 1. The van der Waals surface area contributed by atoms with Crippen molar-refractivity contribution < 1.29 is 0 Å². The van der Waals surface area contributed by atoms with E-state index in [-0.39, 0.29) is 5.56 Å². The van der Waals surface area contributed by atoms with Gasteiger partial charge in [-0.1, -0.05) is 23.7 Å². The molecule has 3 heterocycles. The first-order chi connectivity index (χ1) is 13.1. The second kappa shape index (κ2) is 7.36. The first-order valence-corrected chi connectivity index (χ1v) is 9.20. The molecular formula is C19H19ClN6O. The van der Waals surface area contributed by atoms with Crippen molar-refractivity contribution in [2.45, 2.75) is 19.8 Å². The highest BCUT2D eigenvalue weighted by Crippen LogP contribution is 2.25. The van der Waals surface area contributed by atoms with Crippen molar-refractivity contribution in [3.63, 3.8) is 0 Å². The monoisotopic (exact) mass is 382 g/mol. The van der Waals surface area contributed by atoms with Gasteiger partial charge in [0.2, 0.25) is 11.9 Å². The highest BCUT2D eigenvalue weighted by molar-refractivity contribution is 6.33. The zero-order valence-electron chi connectivity index (χ0n) is 14.9. The molecule has 0 amide bonds. The van der Waals surface area contributed by atoms with E-state index in [1.807, 2.05) is 25.1 Å². The van der Waals surface area contributed by atoms with Crippen molar-refractivity contribution >= 4 is 29.2 Å². The minimum atomic E-state index is -0.266. The number of aryl methyl sites for hydroxylation is 1.